The second kappa shape index (κ2) is 16.7. The van der Waals surface area contributed by atoms with Crippen molar-refractivity contribution in [2.45, 2.75) is 26.3 Å². The molecule has 0 aliphatic rings. The van der Waals surface area contributed by atoms with E-state index in [1.54, 1.807) is 11.9 Å². The number of amides is 1. The van der Waals surface area contributed by atoms with Crippen LogP contribution in [0.15, 0.2) is 84.9 Å². The SMILES string of the molecule is CCCc1ccccc1.CN(Cc1ccccc1)C(=O)c1cc(Cl)cc(Cl)n1.O=C(O)c1cc(Cl)cc(Cl)n1. The Balaban J connectivity index is 0.000000226. The molecule has 1 amide bonds. The van der Waals surface area contributed by atoms with E-state index in [1.807, 2.05) is 30.3 Å². The summed E-state index contributed by atoms with van der Waals surface area (Å²) in [6.07, 6.45) is 2.45. The van der Waals surface area contributed by atoms with Crippen LogP contribution in [-0.4, -0.2) is 38.9 Å². The Morgan fingerprint density at radius 1 is 0.744 bits per heavy atom. The number of carbonyl (C=O) groups excluding carboxylic acids is 1. The molecule has 0 bridgehead atoms. The summed E-state index contributed by atoms with van der Waals surface area (Å²) in [5.41, 5.74) is 2.59. The third-order valence-electron chi connectivity index (χ3n) is 4.95. The molecule has 0 atom stereocenters. The van der Waals surface area contributed by atoms with Gasteiger partial charge in [0.2, 0.25) is 0 Å². The van der Waals surface area contributed by atoms with Crippen LogP contribution in [0.4, 0.5) is 0 Å². The van der Waals surface area contributed by atoms with Crippen LogP contribution in [0.25, 0.3) is 0 Å². The fourth-order valence-electron chi connectivity index (χ4n) is 3.21. The van der Waals surface area contributed by atoms with Crippen molar-refractivity contribution in [1.82, 2.24) is 14.9 Å². The average Bonchev–Trinajstić information content (AvgIpc) is 2.89. The van der Waals surface area contributed by atoms with E-state index in [4.69, 9.17) is 51.5 Å². The molecule has 1 N–H and O–H groups in total. The summed E-state index contributed by atoms with van der Waals surface area (Å²) >= 11 is 22.6. The first-order valence-corrected chi connectivity index (χ1v) is 13.3. The summed E-state index contributed by atoms with van der Waals surface area (Å²) in [4.78, 5) is 31.6. The zero-order valence-electron chi connectivity index (χ0n) is 21.3. The molecular formula is C29H27Cl4N3O3. The zero-order valence-corrected chi connectivity index (χ0v) is 24.3. The van der Waals surface area contributed by atoms with Gasteiger partial charge in [-0.2, -0.15) is 0 Å². The fourth-order valence-corrected chi connectivity index (χ4v) is 4.15. The topological polar surface area (TPSA) is 83.4 Å². The molecule has 2 heterocycles. The van der Waals surface area contributed by atoms with E-state index >= 15 is 0 Å². The number of aromatic carboxylic acids is 1. The van der Waals surface area contributed by atoms with Gasteiger partial charge in [-0.3, -0.25) is 4.79 Å². The van der Waals surface area contributed by atoms with Crippen LogP contribution >= 0.6 is 46.4 Å². The number of pyridine rings is 2. The second-order valence-electron chi connectivity index (χ2n) is 8.17. The summed E-state index contributed by atoms with van der Waals surface area (Å²) in [5.74, 6) is -1.36. The Morgan fingerprint density at radius 3 is 1.67 bits per heavy atom. The third-order valence-corrected chi connectivity index (χ3v) is 5.77. The highest BCUT2D eigenvalue weighted by Crippen LogP contribution is 2.17. The minimum absolute atomic E-state index is 0.0786. The maximum atomic E-state index is 12.2. The number of hydrogen-bond acceptors (Lipinski definition) is 4. The van der Waals surface area contributed by atoms with Gasteiger partial charge in [0.05, 0.1) is 0 Å². The lowest BCUT2D eigenvalue weighted by Crippen LogP contribution is -2.27. The van der Waals surface area contributed by atoms with Gasteiger partial charge in [-0.25, -0.2) is 14.8 Å². The van der Waals surface area contributed by atoms with Gasteiger partial charge in [0.15, 0.2) is 5.69 Å². The largest absolute Gasteiger partial charge is 0.477 e. The van der Waals surface area contributed by atoms with Gasteiger partial charge >= 0.3 is 5.97 Å². The molecule has 2 aromatic heterocycles. The molecular weight excluding hydrogens is 580 g/mol. The molecule has 39 heavy (non-hydrogen) atoms. The van der Waals surface area contributed by atoms with E-state index in [2.05, 4.69) is 47.2 Å². The Kier molecular flexibility index (Phi) is 13.7. The Bertz CT molecular complexity index is 1320. The lowest BCUT2D eigenvalue weighted by atomic mass is 10.1. The third kappa shape index (κ3) is 12.1. The molecule has 204 valence electrons. The van der Waals surface area contributed by atoms with Gasteiger partial charge in [-0.1, -0.05) is 120 Å². The van der Waals surface area contributed by atoms with Crippen LogP contribution in [0, 0.1) is 0 Å². The molecule has 4 aromatic rings. The fraction of sp³-hybridized carbons (Fsp3) is 0.172. The van der Waals surface area contributed by atoms with Crippen molar-refractivity contribution in [1.29, 1.82) is 0 Å². The molecule has 6 nitrogen and oxygen atoms in total. The molecule has 0 aliphatic carbocycles. The lowest BCUT2D eigenvalue weighted by molar-refractivity contribution is 0.0689. The number of benzene rings is 2. The van der Waals surface area contributed by atoms with E-state index in [-0.39, 0.29) is 32.6 Å². The highest BCUT2D eigenvalue weighted by atomic mass is 35.5. The summed E-state index contributed by atoms with van der Waals surface area (Å²) in [6, 6.07) is 25.9. The molecule has 0 radical (unpaired) electrons. The highest BCUT2D eigenvalue weighted by Gasteiger charge is 2.15. The molecule has 0 aliphatic heterocycles. The maximum Gasteiger partial charge on any atom is 0.354 e. The van der Waals surface area contributed by atoms with Crippen molar-refractivity contribution in [3.63, 3.8) is 0 Å². The zero-order chi connectivity index (χ0) is 28.8. The number of rotatable bonds is 6. The summed E-state index contributed by atoms with van der Waals surface area (Å²) < 4.78 is 0. The van der Waals surface area contributed by atoms with Gasteiger partial charge in [-0.05, 0) is 41.8 Å². The van der Waals surface area contributed by atoms with E-state index in [0.717, 1.165) is 5.56 Å². The molecule has 10 heteroatoms. The predicted molar refractivity (Wildman–Crippen MR) is 158 cm³/mol. The van der Waals surface area contributed by atoms with Gasteiger partial charge in [0.1, 0.15) is 16.0 Å². The summed E-state index contributed by atoms with van der Waals surface area (Å²) in [7, 11) is 1.71. The van der Waals surface area contributed by atoms with Crippen LogP contribution in [0.1, 0.15) is 45.4 Å². The lowest BCUT2D eigenvalue weighted by Gasteiger charge is -2.17. The van der Waals surface area contributed by atoms with E-state index < -0.39 is 5.97 Å². The molecule has 0 unspecified atom stereocenters. The summed E-state index contributed by atoms with van der Waals surface area (Å²) in [5, 5.41) is 9.41. The number of nitrogens with zero attached hydrogens (tertiary/aromatic N) is 3. The molecule has 0 fully saturated rings. The van der Waals surface area contributed by atoms with Crippen molar-refractivity contribution >= 4 is 58.3 Å². The van der Waals surface area contributed by atoms with Gasteiger partial charge < -0.3 is 10.0 Å². The van der Waals surface area contributed by atoms with Crippen molar-refractivity contribution in [2.75, 3.05) is 7.05 Å². The molecule has 0 spiro atoms. The van der Waals surface area contributed by atoms with Crippen molar-refractivity contribution < 1.29 is 14.7 Å². The minimum Gasteiger partial charge on any atom is -0.477 e. The molecule has 0 saturated heterocycles. The average molecular weight is 607 g/mol. The normalized spacial score (nSPS) is 9.90. The van der Waals surface area contributed by atoms with E-state index in [0.29, 0.717) is 11.6 Å². The van der Waals surface area contributed by atoms with Crippen LogP contribution in [0.3, 0.4) is 0 Å². The van der Waals surface area contributed by atoms with Crippen LogP contribution < -0.4 is 0 Å². The molecule has 4 rings (SSSR count). The maximum absolute atomic E-state index is 12.2. The monoisotopic (exact) mass is 605 g/mol. The van der Waals surface area contributed by atoms with Crippen molar-refractivity contribution in [3.05, 3.63) is 128 Å². The van der Waals surface area contributed by atoms with Gasteiger partial charge in [-0.15, -0.1) is 0 Å². The smallest absolute Gasteiger partial charge is 0.354 e. The number of carboxylic acids is 1. The number of carboxylic acid groups (broad SMARTS) is 1. The quantitative estimate of drug-likeness (QED) is 0.223. The highest BCUT2D eigenvalue weighted by molar-refractivity contribution is 6.34. The Labute approximate surface area is 248 Å². The van der Waals surface area contributed by atoms with Crippen LogP contribution in [-0.2, 0) is 13.0 Å². The van der Waals surface area contributed by atoms with Gasteiger partial charge in [0, 0.05) is 23.6 Å². The predicted octanol–water partition coefficient (Wildman–Crippen LogP) is 8.39. The van der Waals surface area contributed by atoms with Crippen LogP contribution in [0.2, 0.25) is 20.4 Å². The minimum atomic E-state index is -1.14. The number of halogens is 4. The number of aryl methyl sites for hydroxylation is 1. The Morgan fingerprint density at radius 2 is 1.21 bits per heavy atom. The van der Waals surface area contributed by atoms with E-state index in [9.17, 15) is 9.59 Å². The summed E-state index contributed by atoms with van der Waals surface area (Å²) in [6.45, 7) is 2.71. The van der Waals surface area contributed by atoms with Gasteiger partial charge in [0.25, 0.3) is 5.91 Å². The first-order chi connectivity index (χ1) is 18.6. The van der Waals surface area contributed by atoms with Crippen LogP contribution in [0.5, 0.6) is 0 Å². The second-order valence-corrected chi connectivity index (χ2v) is 9.82. The van der Waals surface area contributed by atoms with Crippen molar-refractivity contribution in [3.8, 4) is 0 Å². The number of aromatic nitrogens is 2. The Hall–Kier alpha value is -3.16. The first-order valence-electron chi connectivity index (χ1n) is 11.8. The first kappa shape index (κ1) is 32.1. The number of hydrogen-bond donors (Lipinski definition) is 1. The standard InChI is InChI=1S/C14H12Cl2N2O.C9H12.C6H3Cl2NO2/c1-18(9-10-5-3-2-4-6-10)14(19)12-7-11(15)8-13(16)17-12;1-2-6-9-7-4-3-5-8-9;7-3-1-4(6(10)11)9-5(8)2-3/h2-8H,9H2,1H3;3-5,7-8H,2,6H2,1H3;1-2H,(H,10,11). The molecule has 0 saturated carbocycles. The molecule has 2 aromatic carbocycles. The number of carbonyl (C=O) groups is 2. The van der Waals surface area contributed by atoms with E-state index in [1.165, 1.54) is 42.7 Å². The van der Waals surface area contributed by atoms with Crippen molar-refractivity contribution in [2.24, 2.45) is 0 Å².